The van der Waals surface area contributed by atoms with E-state index < -0.39 is 6.10 Å². The summed E-state index contributed by atoms with van der Waals surface area (Å²) in [6.07, 6.45) is -0.558. The van der Waals surface area contributed by atoms with Gasteiger partial charge in [-0.3, -0.25) is 0 Å². The van der Waals surface area contributed by atoms with Gasteiger partial charge in [0.2, 0.25) is 0 Å². The van der Waals surface area contributed by atoms with Gasteiger partial charge in [-0.25, -0.2) is 0 Å². The van der Waals surface area contributed by atoms with Gasteiger partial charge in [0.15, 0.2) is 0 Å². The van der Waals surface area contributed by atoms with Crippen molar-refractivity contribution in [2.24, 2.45) is 0 Å². The van der Waals surface area contributed by atoms with Gasteiger partial charge in [-0.2, -0.15) is 0 Å². The van der Waals surface area contributed by atoms with E-state index in [-0.39, 0.29) is 0 Å². The van der Waals surface area contributed by atoms with Gasteiger partial charge in [-0.05, 0) is 45.1 Å². The minimum Gasteiger partial charge on any atom is -0.383 e. The minimum atomic E-state index is -0.558. The summed E-state index contributed by atoms with van der Waals surface area (Å²) in [5.41, 5.74) is 0.896. The molecule has 0 spiro atoms. The molecule has 0 aliphatic rings. The predicted molar refractivity (Wildman–Crippen MR) is 70.2 cm³/mol. The zero-order valence-electron chi connectivity index (χ0n) is 7.65. The molecule has 1 nitrogen and oxygen atoms in total. The Morgan fingerprint density at radius 3 is 2.60 bits per heavy atom. The Labute approximate surface area is 109 Å². The highest BCUT2D eigenvalue weighted by Crippen LogP contribution is 2.33. The normalized spacial score (nSPS) is 12.7. The van der Waals surface area contributed by atoms with Crippen LogP contribution in [0.15, 0.2) is 44.7 Å². The summed E-state index contributed by atoms with van der Waals surface area (Å²) < 4.78 is 1.94. The van der Waals surface area contributed by atoms with Crippen LogP contribution in [0, 0.1) is 0 Å². The smallest absolute Gasteiger partial charge is 0.114 e. The largest absolute Gasteiger partial charge is 0.383 e. The highest BCUT2D eigenvalue weighted by atomic mass is 79.9. The van der Waals surface area contributed by atoms with E-state index in [1.165, 1.54) is 0 Å². The molecule has 1 N–H and O–H groups in total. The third kappa shape index (κ3) is 2.50. The molecule has 78 valence electrons. The molecule has 0 saturated heterocycles. The van der Waals surface area contributed by atoms with E-state index in [0.717, 1.165) is 19.4 Å². The van der Waals surface area contributed by atoms with Crippen molar-refractivity contribution in [1.29, 1.82) is 0 Å². The van der Waals surface area contributed by atoms with Crippen molar-refractivity contribution >= 4 is 43.2 Å². The maximum atomic E-state index is 10.1. The van der Waals surface area contributed by atoms with Crippen LogP contribution in [0.3, 0.4) is 0 Å². The van der Waals surface area contributed by atoms with Crippen molar-refractivity contribution in [2.75, 3.05) is 0 Å². The minimum absolute atomic E-state index is 0.558. The number of benzene rings is 1. The van der Waals surface area contributed by atoms with Crippen LogP contribution < -0.4 is 0 Å². The van der Waals surface area contributed by atoms with Crippen molar-refractivity contribution in [2.45, 2.75) is 6.10 Å². The number of hydrogen-bond acceptors (Lipinski definition) is 2. The summed E-state index contributed by atoms with van der Waals surface area (Å²) >= 11 is 8.36. The molecule has 4 heteroatoms. The molecule has 0 amide bonds. The van der Waals surface area contributed by atoms with Gasteiger partial charge in [-0.1, -0.05) is 28.1 Å². The first-order valence-electron chi connectivity index (χ1n) is 4.35. The number of hydrogen-bond donors (Lipinski definition) is 1. The lowest BCUT2D eigenvalue weighted by Crippen LogP contribution is -1.97. The fourth-order valence-corrected chi connectivity index (χ4v) is 3.35. The van der Waals surface area contributed by atoms with Gasteiger partial charge in [0.1, 0.15) is 6.10 Å². The van der Waals surface area contributed by atoms with E-state index in [4.69, 9.17) is 0 Å². The Balaban J connectivity index is 2.36. The Morgan fingerprint density at radius 1 is 1.20 bits per heavy atom. The van der Waals surface area contributed by atoms with Gasteiger partial charge in [-0.15, -0.1) is 11.3 Å². The molecule has 0 saturated carbocycles. The molecule has 0 radical (unpaired) electrons. The zero-order chi connectivity index (χ0) is 10.8. The molecule has 1 aromatic heterocycles. The summed E-state index contributed by atoms with van der Waals surface area (Å²) in [6, 6.07) is 9.66. The summed E-state index contributed by atoms with van der Waals surface area (Å²) in [6.45, 7) is 0. The van der Waals surface area contributed by atoms with Crippen LogP contribution in [-0.4, -0.2) is 5.11 Å². The van der Waals surface area contributed by atoms with Gasteiger partial charge in [0.25, 0.3) is 0 Å². The molecular formula is C11H8Br2OS. The number of rotatable bonds is 2. The maximum Gasteiger partial charge on any atom is 0.114 e. The number of aliphatic hydroxyl groups is 1. The number of thiophene rings is 1. The fraction of sp³-hybridized carbons (Fsp3) is 0.0909. The lowest BCUT2D eigenvalue weighted by atomic mass is 10.1. The van der Waals surface area contributed by atoms with Crippen LogP contribution in [0.25, 0.3) is 0 Å². The number of halogens is 2. The highest BCUT2D eigenvalue weighted by molar-refractivity contribution is 9.10. The van der Waals surface area contributed by atoms with Crippen molar-refractivity contribution < 1.29 is 5.11 Å². The van der Waals surface area contributed by atoms with E-state index >= 15 is 0 Å². The fourth-order valence-electron chi connectivity index (χ4n) is 1.33. The molecule has 1 unspecified atom stereocenters. The third-order valence-corrected chi connectivity index (χ3v) is 4.47. The Morgan fingerprint density at radius 2 is 2.00 bits per heavy atom. The first kappa shape index (κ1) is 11.3. The van der Waals surface area contributed by atoms with E-state index in [0.29, 0.717) is 0 Å². The molecule has 2 rings (SSSR count). The monoisotopic (exact) mass is 346 g/mol. The lowest BCUT2D eigenvalue weighted by molar-refractivity contribution is 0.223. The summed E-state index contributed by atoms with van der Waals surface area (Å²) in [5, 5.41) is 12.1. The second kappa shape index (κ2) is 4.78. The Bertz CT molecular complexity index is 467. The molecule has 2 aromatic rings. The van der Waals surface area contributed by atoms with E-state index in [2.05, 4.69) is 31.9 Å². The average molecular weight is 348 g/mol. The average Bonchev–Trinajstić information content (AvgIpc) is 2.63. The highest BCUT2D eigenvalue weighted by Gasteiger charge is 2.14. The van der Waals surface area contributed by atoms with Gasteiger partial charge in [0.05, 0.1) is 4.88 Å². The molecule has 1 heterocycles. The van der Waals surface area contributed by atoms with Crippen LogP contribution in [0.5, 0.6) is 0 Å². The van der Waals surface area contributed by atoms with Crippen LogP contribution in [0.2, 0.25) is 0 Å². The maximum absolute atomic E-state index is 10.1. The molecule has 0 aliphatic heterocycles. The molecule has 15 heavy (non-hydrogen) atoms. The SMILES string of the molecule is OC(c1cccc(Br)c1)c1sccc1Br. The summed E-state index contributed by atoms with van der Waals surface area (Å²) in [5.74, 6) is 0. The van der Waals surface area contributed by atoms with Crippen molar-refractivity contribution in [3.05, 3.63) is 55.1 Å². The summed E-state index contributed by atoms with van der Waals surface area (Å²) in [7, 11) is 0. The van der Waals surface area contributed by atoms with Crippen LogP contribution >= 0.6 is 43.2 Å². The Hall–Kier alpha value is -0.160. The molecule has 1 atom stereocenters. The summed E-state index contributed by atoms with van der Waals surface area (Å²) in [4.78, 5) is 0.938. The van der Waals surface area contributed by atoms with Crippen LogP contribution in [0.4, 0.5) is 0 Å². The quantitative estimate of drug-likeness (QED) is 0.855. The second-order valence-corrected chi connectivity index (χ2v) is 5.81. The zero-order valence-corrected chi connectivity index (χ0v) is 11.6. The lowest BCUT2D eigenvalue weighted by Gasteiger charge is -2.10. The first-order valence-corrected chi connectivity index (χ1v) is 6.81. The molecule has 0 aliphatic carbocycles. The van der Waals surface area contributed by atoms with Crippen LogP contribution in [0.1, 0.15) is 16.5 Å². The van der Waals surface area contributed by atoms with E-state index in [1.807, 2.05) is 35.7 Å². The third-order valence-electron chi connectivity index (χ3n) is 2.06. The molecule has 0 fully saturated rings. The van der Waals surface area contributed by atoms with E-state index in [9.17, 15) is 5.11 Å². The second-order valence-electron chi connectivity index (χ2n) is 3.09. The van der Waals surface area contributed by atoms with Gasteiger partial charge in [0, 0.05) is 8.95 Å². The van der Waals surface area contributed by atoms with Gasteiger partial charge < -0.3 is 5.11 Å². The Kier molecular flexibility index (Phi) is 3.61. The van der Waals surface area contributed by atoms with Crippen LogP contribution in [-0.2, 0) is 0 Å². The van der Waals surface area contributed by atoms with Crippen molar-refractivity contribution in [3.8, 4) is 0 Å². The molecule has 1 aromatic carbocycles. The topological polar surface area (TPSA) is 20.2 Å². The van der Waals surface area contributed by atoms with Crippen molar-refractivity contribution in [1.82, 2.24) is 0 Å². The van der Waals surface area contributed by atoms with Gasteiger partial charge >= 0.3 is 0 Å². The first-order chi connectivity index (χ1) is 7.18. The number of aliphatic hydroxyl groups excluding tert-OH is 1. The predicted octanol–water partition coefficient (Wildman–Crippen LogP) is 4.35. The molecule has 0 bridgehead atoms. The molecular weight excluding hydrogens is 340 g/mol. The van der Waals surface area contributed by atoms with Crippen molar-refractivity contribution in [3.63, 3.8) is 0 Å². The standard InChI is InChI=1S/C11H8Br2OS/c12-8-3-1-2-7(6-8)10(14)11-9(13)4-5-15-11/h1-6,10,14H. The van der Waals surface area contributed by atoms with E-state index in [1.54, 1.807) is 11.3 Å².